The van der Waals surface area contributed by atoms with E-state index in [1.807, 2.05) is 6.07 Å². The van der Waals surface area contributed by atoms with Gasteiger partial charge in [0.25, 0.3) is 5.91 Å². The standard InChI is InChI=1S/C17H16N4O2/c1-3-7-21(8-4-2)17(22)14-9-12(10-23-14)15-13-5-6-18-16(13)20-11-19-15/h3-6,9-11H,1-2,7-8H2,(H,18,19,20). The third-order valence-electron chi connectivity index (χ3n) is 3.42. The molecule has 1 amide bonds. The molecule has 0 aliphatic heterocycles. The number of aromatic nitrogens is 3. The van der Waals surface area contributed by atoms with Gasteiger partial charge in [-0.3, -0.25) is 4.79 Å². The van der Waals surface area contributed by atoms with Crippen LogP contribution in [0.15, 0.2) is 60.6 Å². The molecule has 3 aromatic rings. The molecule has 0 fully saturated rings. The molecule has 116 valence electrons. The summed E-state index contributed by atoms with van der Waals surface area (Å²) in [6.45, 7) is 8.18. The van der Waals surface area contributed by atoms with Crippen molar-refractivity contribution in [3.8, 4) is 11.3 Å². The summed E-state index contributed by atoms with van der Waals surface area (Å²) in [5, 5.41) is 0.876. The zero-order chi connectivity index (χ0) is 16.2. The summed E-state index contributed by atoms with van der Waals surface area (Å²) >= 11 is 0. The van der Waals surface area contributed by atoms with Gasteiger partial charge in [-0.1, -0.05) is 12.2 Å². The maximum Gasteiger partial charge on any atom is 0.290 e. The predicted octanol–water partition coefficient (Wildman–Crippen LogP) is 3.03. The number of hydrogen-bond acceptors (Lipinski definition) is 4. The lowest BCUT2D eigenvalue weighted by Gasteiger charge is -2.17. The van der Waals surface area contributed by atoms with E-state index < -0.39 is 0 Å². The Kier molecular flexibility index (Phi) is 4.05. The van der Waals surface area contributed by atoms with Gasteiger partial charge in [0, 0.05) is 30.2 Å². The minimum absolute atomic E-state index is 0.213. The third-order valence-corrected chi connectivity index (χ3v) is 3.42. The number of furan rings is 1. The smallest absolute Gasteiger partial charge is 0.290 e. The summed E-state index contributed by atoms with van der Waals surface area (Å²) in [4.78, 5) is 25.5. The van der Waals surface area contributed by atoms with Crippen molar-refractivity contribution in [2.24, 2.45) is 0 Å². The van der Waals surface area contributed by atoms with Crippen LogP contribution in [0.1, 0.15) is 10.6 Å². The molecule has 0 saturated carbocycles. The molecule has 0 aromatic carbocycles. The highest BCUT2D eigenvalue weighted by Gasteiger charge is 2.19. The van der Waals surface area contributed by atoms with Crippen molar-refractivity contribution >= 4 is 16.9 Å². The second kappa shape index (κ2) is 6.31. The average Bonchev–Trinajstić information content (AvgIpc) is 3.22. The van der Waals surface area contributed by atoms with Gasteiger partial charge in [0.1, 0.15) is 18.2 Å². The largest absolute Gasteiger partial charge is 0.458 e. The van der Waals surface area contributed by atoms with Gasteiger partial charge in [-0.25, -0.2) is 9.97 Å². The van der Waals surface area contributed by atoms with Gasteiger partial charge >= 0.3 is 0 Å². The second-order valence-corrected chi connectivity index (χ2v) is 4.95. The van der Waals surface area contributed by atoms with Crippen LogP contribution in [0.4, 0.5) is 0 Å². The quantitative estimate of drug-likeness (QED) is 0.710. The first-order valence-corrected chi connectivity index (χ1v) is 7.12. The molecule has 6 nitrogen and oxygen atoms in total. The first-order valence-electron chi connectivity index (χ1n) is 7.12. The maximum atomic E-state index is 12.5. The van der Waals surface area contributed by atoms with Crippen LogP contribution in [0.25, 0.3) is 22.3 Å². The monoisotopic (exact) mass is 308 g/mol. The number of amides is 1. The van der Waals surface area contributed by atoms with Crippen LogP contribution in [0.2, 0.25) is 0 Å². The van der Waals surface area contributed by atoms with Crippen molar-refractivity contribution in [2.45, 2.75) is 0 Å². The normalized spacial score (nSPS) is 10.6. The molecular weight excluding hydrogens is 292 g/mol. The zero-order valence-corrected chi connectivity index (χ0v) is 12.5. The molecule has 0 aliphatic rings. The number of rotatable bonds is 6. The van der Waals surface area contributed by atoms with Gasteiger partial charge in [-0.2, -0.15) is 0 Å². The molecule has 23 heavy (non-hydrogen) atoms. The first kappa shape index (κ1) is 14.8. The number of fused-ring (bicyclic) bond motifs is 1. The van der Waals surface area contributed by atoms with Crippen molar-refractivity contribution < 1.29 is 9.21 Å². The first-order chi connectivity index (χ1) is 11.2. The molecular formula is C17H16N4O2. The van der Waals surface area contributed by atoms with E-state index in [1.54, 1.807) is 29.3 Å². The van der Waals surface area contributed by atoms with E-state index in [4.69, 9.17) is 4.42 Å². The molecule has 3 heterocycles. The highest BCUT2D eigenvalue weighted by atomic mass is 16.3. The Morgan fingerprint density at radius 1 is 1.30 bits per heavy atom. The summed E-state index contributed by atoms with van der Waals surface area (Å²) in [6.07, 6.45) is 8.13. The van der Waals surface area contributed by atoms with Crippen LogP contribution in [0.3, 0.4) is 0 Å². The molecule has 3 rings (SSSR count). The lowest BCUT2D eigenvalue weighted by atomic mass is 10.1. The molecule has 0 bridgehead atoms. The van der Waals surface area contributed by atoms with Gasteiger partial charge < -0.3 is 14.3 Å². The fourth-order valence-electron chi connectivity index (χ4n) is 2.38. The Labute approximate surface area is 133 Å². The number of carbonyl (C=O) groups is 1. The van der Waals surface area contributed by atoms with Crippen molar-refractivity contribution in [3.63, 3.8) is 0 Å². The summed E-state index contributed by atoms with van der Waals surface area (Å²) in [5.41, 5.74) is 2.19. The lowest BCUT2D eigenvalue weighted by molar-refractivity contribution is 0.0759. The SMILES string of the molecule is C=CCN(CC=C)C(=O)c1cc(-c2ncnc3[nH]ccc23)co1. The van der Waals surface area contributed by atoms with E-state index in [-0.39, 0.29) is 11.7 Å². The lowest BCUT2D eigenvalue weighted by Crippen LogP contribution is -2.30. The molecule has 0 unspecified atom stereocenters. The number of hydrogen-bond donors (Lipinski definition) is 1. The van der Waals surface area contributed by atoms with Crippen LogP contribution >= 0.6 is 0 Å². The Hall–Kier alpha value is -3.15. The molecule has 0 atom stereocenters. The average molecular weight is 308 g/mol. The Morgan fingerprint density at radius 2 is 2.09 bits per heavy atom. The van der Waals surface area contributed by atoms with Gasteiger partial charge in [0.2, 0.25) is 0 Å². The van der Waals surface area contributed by atoms with Gasteiger partial charge in [0.15, 0.2) is 5.76 Å². The maximum absolute atomic E-state index is 12.5. The highest BCUT2D eigenvalue weighted by Crippen LogP contribution is 2.26. The van der Waals surface area contributed by atoms with Crippen LogP contribution in [0.5, 0.6) is 0 Å². The Bertz CT molecular complexity index is 852. The predicted molar refractivity (Wildman–Crippen MR) is 87.9 cm³/mol. The summed E-state index contributed by atoms with van der Waals surface area (Å²) in [6, 6.07) is 3.58. The van der Waals surface area contributed by atoms with Gasteiger partial charge in [-0.15, -0.1) is 13.2 Å². The van der Waals surface area contributed by atoms with Crippen LogP contribution in [-0.2, 0) is 0 Å². The molecule has 0 saturated heterocycles. The fourth-order valence-corrected chi connectivity index (χ4v) is 2.38. The minimum atomic E-state index is -0.213. The van der Waals surface area contributed by atoms with E-state index in [1.165, 1.54) is 12.6 Å². The number of carbonyl (C=O) groups excluding carboxylic acids is 1. The zero-order valence-electron chi connectivity index (χ0n) is 12.5. The fraction of sp³-hybridized carbons (Fsp3) is 0.118. The van der Waals surface area contributed by atoms with Crippen LogP contribution < -0.4 is 0 Å². The summed E-state index contributed by atoms with van der Waals surface area (Å²) in [5.74, 6) is 0.0430. The van der Waals surface area contributed by atoms with Crippen molar-refractivity contribution in [3.05, 3.63) is 62.0 Å². The van der Waals surface area contributed by atoms with E-state index in [9.17, 15) is 4.79 Å². The Morgan fingerprint density at radius 3 is 2.83 bits per heavy atom. The van der Waals surface area contributed by atoms with E-state index >= 15 is 0 Å². The third kappa shape index (κ3) is 2.78. The number of H-pyrrole nitrogens is 1. The van der Waals surface area contributed by atoms with Gasteiger partial charge in [0.05, 0.1) is 5.69 Å². The topological polar surface area (TPSA) is 75.0 Å². The van der Waals surface area contributed by atoms with Gasteiger partial charge in [-0.05, 0) is 12.1 Å². The molecule has 3 aromatic heterocycles. The molecule has 1 N–H and O–H groups in total. The van der Waals surface area contributed by atoms with Crippen molar-refractivity contribution in [1.29, 1.82) is 0 Å². The van der Waals surface area contributed by atoms with E-state index in [0.717, 1.165) is 22.3 Å². The van der Waals surface area contributed by atoms with Crippen LogP contribution in [0, 0.1) is 0 Å². The molecule has 0 spiro atoms. The van der Waals surface area contributed by atoms with Crippen molar-refractivity contribution in [1.82, 2.24) is 19.9 Å². The van der Waals surface area contributed by atoms with E-state index in [2.05, 4.69) is 28.1 Å². The van der Waals surface area contributed by atoms with E-state index in [0.29, 0.717) is 13.1 Å². The highest BCUT2D eigenvalue weighted by molar-refractivity contribution is 5.95. The molecule has 6 heteroatoms. The van der Waals surface area contributed by atoms with Crippen LogP contribution in [-0.4, -0.2) is 38.8 Å². The number of nitrogens with zero attached hydrogens (tertiary/aromatic N) is 3. The summed E-state index contributed by atoms with van der Waals surface area (Å²) < 4.78 is 5.45. The summed E-state index contributed by atoms with van der Waals surface area (Å²) in [7, 11) is 0. The molecule has 0 radical (unpaired) electrons. The second-order valence-electron chi connectivity index (χ2n) is 4.95. The van der Waals surface area contributed by atoms with Crippen molar-refractivity contribution in [2.75, 3.05) is 13.1 Å². The molecule has 0 aliphatic carbocycles. The minimum Gasteiger partial charge on any atom is -0.458 e. The Balaban J connectivity index is 1.93. The number of aromatic amines is 1. The number of nitrogens with one attached hydrogen (secondary N) is 1.